The third kappa shape index (κ3) is 3.26. The zero-order chi connectivity index (χ0) is 19.1. The molecule has 0 saturated carbocycles. The SMILES string of the molecule is CC(C)CCC(=O)N1C=C(C(=O)O)c2[nH]c3ccccc3c2C(C)(C)C1. The van der Waals surface area contributed by atoms with E-state index in [0.717, 1.165) is 22.9 Å². The van der Waals surface area contributed by atoms with Crippen LogP contribution >= 0.6 is 0 Å². The lowest BCUT2D eigenvalue weighted by Crippen LogP contribution is -2.36. The number of amides is 1. The van der Waals surface area contributed by atoms with Gasteiger partial charge in [-0.2, -0.15) is 0 Å². The molecule has 5 nitrogen and oxygen atoms in total. The fourth-order valence-corrected chi connectivity index (χ4v) is 3.70. The Morgan fingerprint density at radius 3 is 2.62 bits per heavy atom. The first kappa shape index (κ1) is 18.2. The lowest BCUT2D eigenvalue weighted by Gasteiger charge is -2.30. The minimum atomic E-state index is -1.03. The number of fused-ring (bicyclic) bond motifs is 3. The van der Waals surface area contributed by atoms with E-state index in [2.05, 4.69) is 32.7 Å². The number of aliphatic carboxylic acids is 1. The Hall–Kier alpha value is -2.56. The zero-order valence-corrected chi connectivity index (χ0v) is 15.8. The van der Waals surface area contributed by atoms with Crippen molar-refractivity contribution in [3.05, 3.63) is 41.7 Å². The molecule has 0 unspecified atom stereocenters. The van der Waals surface area contributed by atoms with Crippen molar-refractivity contribution in [3.63, 3.8) is 0 Å². The van der Waals surface area contributed by atoms with Crippen molar-refractivity contribution < 1.29 is 14.7 Å². The number of carboxylic acids is 1. The van der Waals surface area contributed by atoms with E-state index in [9.17, 15) is 14.7 Å². The largest absolute Gasteiger partial charge is 0.478 e. The van der Waals surface area contributed by atoms with Gasteiger partial charge in [0.25, 0.3) is 0 Å². The molecule has 2 heterocycles. The van der Waals surface area contributed by atoms with E-state index in [1.807, 2.05) is 24.3 Å². The number of hydrogen-bond acceptors (Lipinski definition) is 2. The number of H-pyrrole nitrogens is 1. The molecule has 2 aromatic rings. The first-order chi connectivity index (χ1) is 12.2. The van der Waals surface area contributed by atoms with Gasteiger partial charge >= 0.3 is 5.97 Å². The van der Waals surface area contributed by atoms with Gasteiger partial charge < -0.3 is 15.0 Å². The van der Waals surface area contributed by atoms with Crippen LogP contribution in [0.1, 0.15) is 51.8 Å². The van der Waals surface area contributed by atoms with Crippen LogP contribution < -0.4 is 0 Å². The van der Waals surface area contributed by atoms with Crippen molar-refractivity contribution in [3.8, 4) is 0 Å². The number of carbonyl (C=O) groups excluding carboxylic acids is 1. The molecule has 0 bridgehead atoms. The van der Waals surface area contributed by atoms with Crippen LogP contribution in [-0.4, -0.2) is 33.4 Å². The number of hydrogen-bond donors (Lipinski definition) is 2. The molecule has 2 N–H and O–H groups in total. The first-order valence-electron chi connectivity index (χ1n) is 9.07. The lowest BCUT2D eigenvalue weighted by molar-refractivity contribution is -0.130. The van der Waals surface area contributed by atoms with E-state index in [1.54, 1.807) is 4.90 Å². The number of nitrogens with one attached hydrogen (secondary N) is 1. The molecule has 1 aliphatic rings. The van der Waals surface area contributed by atoms with Crippen molar-refractivity contribution >= 4 is 28.4 Å². The maximum absolute atomic E-state index is 12.7. The van der Waals surface area contributed by atoms with Gasteiger partial charge in [-0.05, 0) is 24.0 Å². The number of aromatic amines is 1. The van der Waals surface area contributed by atoms with E-state index < -0.39 is 5.97 Å². The normalized spacial score (nSPS) is 16.3. The highest BCUT2D eigenvalue weighted by Crippen LogP contribution is 2.40. The molecule has 1 aliphatic heterocycles. The van der Waals surface area contributed by atoms with E-state index in [4.69, 9.17) is 0 Å². The summed E-state index contributed by atoms with van der Waals surface area (Å²) >= 11 is 0. The second-order valence-corrected chi connectivity index (χ2v) is 8.11. The minimum absolute atomic E-state index is 0.0278. The quantitative estimate of drug-likeness (QED) is 0.866. The highest BCUT2D eigenvalue weighted by molar-refractivity contribution is 6.17. The predicted octanol–water partition coefficient (Wildman–Crippen LogP) is 4.15. The smallest absolute Gasteiger partial charge is 0.339 e. The van der Waals surface area contributed by atoms with E-state index >= 15 is 0 Å². The summed E-state index contributed by atoms with van der Waals surface area (Å²) in [6.07, 6.45) is 2.72. The van der Waals surface area contributed by atoms with Gasteiger partial charge in [-0.15, -0.1) is 0 Å². The fourth-order valence-electron chi connectivity index (χ4n) is 3.70. The Morgan fingerprint density at radius 2 is 1.96 bits per heavy atom. The summed E-state index contributed by atoms with van der Waals surface area (Å²) in [5, 5.41) is 10.8. The van der Waals surface area contributed by atoms with Gasteiger partial charge in [-0.1, -0.05) is 45.9 Å². The van der Waals surface area contributed by atoms with E-state index in [1.165, 1.54) is 6.20 Å². The summed E-state index contributed by atoms with van der Waals surface area (Å²) in [5.41, 5.74) is 2.23. The van der Waals surface area contributed by atoms with Crippen LogP contribution in [0.25, 0.3) is 16.5 Å². The second kappa shape index (κ2) is 6.63. The molecule has 0 spiro atoms. The Balaban J connectivity index is 2.12. The summed E-state index contributed by atoms with van der Waals surface area (Å²) < 4.78 is 0. The molecule has 5 heteroatoms. The summed E-state index contributed by atoms with van der Waals surface area (Å²) in [5.74, 6) is -0.629. The monoisotopic (exact) mass is 354 g/mol. The first-order valence-corrected chi connectivity index (χ1v) is 9.07. The molecule has 26 heavy (non-hydrogen) atoms. The number of nitrogens with zero attached hydrogens (tertiary/aromatic N) is 1. The van der Waals surface area contributed by atoms with Crippen LogP contribution in [-0.2, 0) is 15.0 Å². The van der Waals surface area contributed by atoms with Gasteiger partial charge in [0.1, 0.15) is 0 Å². The number of benzene rings is 1. The third-order valence-electron chi connectivity index (χ3n) is 4.99. The van der Waals surface area contributed by atoms with Crippen LogP contribution in [0.4, 0.5) is 0 Å². The van der Waals surface area contributed by atoms with Crippen molar-refractivity contribution in [2.24, 2.45) is 5.92 Å². The molecular formula is C21H26N2O3. The third-order valence-corrected chi connectivity index (χ3v) is 4.99. The van der Waals surface area contributed by atoms with Crippen LogP contribution in [0.15, 0.2) is 30.5 Å². The molecule has 0 aliphatic carbocycles. The Labute approximate surface area is 153 Å². The van der Waals surface area contributed by atoms with Crippen LogP contribution in [0, 0.1) is 5.92 Å². The molecule has 0 radical (unpaired) electrons. The van der Waals surface area contributed by atoms with E-state index in [-0.39, 0.29) is 16.9 Å². The number of aromatic nitrogens is 1. The molecule has 1 amide bonds. The maximum atomic E-state index is 12.7. The maximum Gasteiger partial charge on any atom is 0.339 e. The average molecular weight is 354 g/mol. The summed E-state index contributed by atoms with van der Waals surface area (Å²) in [6, 6.07) is 7.83. The van der Waals surface area contributed by atoms with Crippen molar-refractivity contribution in [1.82, 2.24) is 9.88 Å². The number of para-hydroxylation sites is 1. The van der Waals surface area contributed by atoms with Crippen LogP contribution in [0.5, 0.6) is 0 Å². The molecule has 3 rings (SSSR count). The second-order valence-electron chi connectivity index (χ2n) is 8.11. The fraction of sp³-hybridized carbons (Fsp3) is 0.429. The molecule has 0 saturated heterocycles. The predicted molar refractivity (Wildman–Crippen MR) is 103 cm³/mol. The Bertz CT molecular complexity index is 890. The molecule has 1 aromatic heterocycles. The summed E-state index contributed by atoms with van der Waals surface area (Å²) in [4.78, 5) is 29.5. The van der Waals surface area contributed by atoms with Gasteiger partial charge in [0.15, 0.2) is 0 Å². The number of carbonyl (C=O) groups is 2. The van der Waals surface area contributed by atoms with Crippen LogP contribution in [0.2, 0.25) is 0 Å². The van der Waals surface area contributed by atoms with Crippen molar-refractivity contribution in [2.75, 3.05) is 6.54 Å². The average Bonchev–Trinajstić information content (AvgIpc) is 2.90. The molecular weight excluding hydrogens is 328 g/mol. The van der Waals surface area contributed by atoms with Gasteiger partial charge in [-0.25, -0.2) is 4.79 Å². The standard InChI is InChI=1S/C21H26N2O3/c1-13(2)9-10-17(24)23-11-15(20(25)26)19-18(21(3,4)12-23)14-7-5-6-8-16(14)22-19/h5-8,11,13,22H,9-10,12H2,1-4H3,(H,25,26). The zero-order valence-electron chi connectivity index (χ0n) is 15.8. The minimum Gasteiger partial charge on any atom is -0.478 e. The molecule has 1 aromatic carbocycles. The molecule has 0 atom stereocenters. The van der Waals surface area contributed by atoms with Gasteiger partial charge in [0.05, 0.1) is 11.3 Å². The highest BCUT2D eigenvalue weighted by Gasteiger charge is 2.36. The number of rotatable bonds is 4. The van der Waals surface area contributed by atoms with Gasteiger partial charge in [-0.3, -0.25) is 4.79 Å². The van der Waals surface area contributed by atoms with Crippen molar-refractivity contribution in [2.45, 2.75) is 46.0 Å². The molecule has 0 fully saturated rings. The summed E-state index contributed by atoms with van der Waals surface area (Å²) in [6.45, 7) is 8.74. The number of carboxylic acid groups (broad SMARTS) is 1. The Morgan fingerprint density at radius 1 is 1.27 bits per heavy atom. The summed E-state index contributed by atoms with van der Waals surface area (Å²) in [7, 11) is 0. The van der Waals surface area contributed by atoms with E-state index in [0.29, 0.717) is 24.6 Å². The van der Waals surface area contributed by atoms with Crippen LogP contribution in [0.3, 0.4) is 0 Å². The lowest BCUT2D eigenvalue weighted by atomic mass is 9.81. The topological polar surface area (TPSA) is 73.4 Å². The Kier molecular flexibility index (Phi) is 4.65. The van der Waals surface area contributed by atoms with Crippen molar-refractivity contribution in [1.29, 1.82) is 0 Å². The van der Waals surface area contributed by atoms with Gasteiger partial charge in [0, 0.05) is 35.5 Å². The van der Waals surface area contributed by atoms with Gasteiger partial charge in [0.2, 0.25) is 5.91 Å². The highest BCUT2D eigenvalue weighted by atomic mass is 16.4. The molecule has 138 valence electrons.